The lowest BCUT2D eigenvalue weighted by Gasteiger charge is -2.07. The fourth-order valence-corrected chi connectivity index (χ4v) is 0.430. The molecule has 4 nitrogen and oxygen atoms in total. The molecule has 0 saturated carbocycles. The maximum absolute atomic E-state index is 10.6. The van der Waals surface area contributed by atoms with Gasteiger partial charge in [0.1, 0.15) is 11.6 Å². The monoisotopic (exact) mass is 141 g/mol. The summed E-state index contributed by atoms with van der Waals surface area (Å²) in [6.45, 7) is 5.21. The van der Waals surface area contributed by atoms with Crippen LogP contribution in [0.5, 0.6) is 0 Å². The van der Waals surface area contributed by atoms with E-state index in [2.05, 4.69) is 5.11 Å². The lowest BCUT2D eigenvalue weighted by Crippen LogP contribution is -2.15. The summed E-state index contributed by atoms with van der Waals surface area (Å²) < 4.78 is 0. The first-order valence-electron chi connectivity index (χ1n) is 3.00. The second kappa shape index (κ2) is 3.16. The predicted octanol–water partition coefficient (Wildman–Crippen LogP) is 1.27. The molecule has 0 heterocycles. The van der Waals surface area contributed by atoms with Gasteiger partial charge in [0, 0.05) is 0 Å². The Morgan fingerprint density at radius 3 is 2.40 bits per heavy atom. The third-order valence-electron chi connectivity index (χ3n) is 0.618. The Hall–Kier alpha value is -1.11. The van der Waals surface area contributed by atoms with Gasteiger partial charge < -0.3 is 5.21 Å². The first-order valence-corrected chi connectivity index (χ1v) is 3.00. The maximum Gasteiger partial charge on any atom is 0.264 e. The van der Waals surface area contributed by atoms with Gasteiger partial charge in [-0.3, -0.25) is 0 Å². The number of azo groups is 1. The van der Waals surface area contributed by atoms with Crippen LogP contribution in [0.4, 0.5) is 0 Å². The normalized spacial score (nSPS) is 12.8. The number of nitrogens with zero attached hydrogens (tertiary/aromatic N) is 3. The molecule has 0 aromatic heterocycles. The quantitative estimate of drug-likeness (QED) is 0.239. The Kier molecular flexibility index (Phi) is 2.81. The average molecular weight is 141 g/mol. The lowest BCUT2D eigenvalue weighted by molar-refractivity contribution is -0.524. The van der Waals surface area contributed by atoms with Crippen LogP contribution in [-0.4, -0.2) is 16.9 Å². The molecule has 0 bridgehead atoms. The van der Waals surface area contributed by atoms with E-state index in [9.17, 15) is 5.21 Å². The van der Waals surface area contributed by atoms with Gasteiger partial charge in [-0.05, 0) is 25.9 Å². The van der Waals surface area contributed by atoms with Crippen LogP contribution in [0.2, 0.25) is 0 Å². The number of hydrogen-bond acceptors (Lipinski definition) is 3. The lowest BCUT2D eigenvalue weighted by atomic mass is 10.1. The van der Waals surface area contributed by atoms with Crippen LogP contribution in [0.3, 0.4) is 0 Å². The van der Waals surface area contributed by atoms with Crippen molar-refractivity contribution in [1.29, 1.82) is 5.26 Å². The number of nitriles is 1. The summed E-state index contributed by atoms with van der Waals surface area (Å²) in [6, 6.07) is 1.71. The van der Waals surface area contributed by atoms with Gasteiger partial charge in [-0.15, -0.1) is 0 Å². The third-order valence-corrected chi connectivity index (χ3v) is 0.618. The van der Waals surface area contributed by atoms with E-state index < -0.39 is 5.54 Å². The average Bonchev–Trinajstić information content (AvgIpc) is 1.59. The van der Waals surface area contributed by atoms with Gasteiger partial charge in [0.05, 0.1) is 0 Å². The zero-order chi connectivity index (χ0) is 8.20. The maximum atomic E-state index is 10.6. The van der Waals surface area contributed by atoms with Gasteiger partial charge in [-0.25, -0.2) is 0 Å². The van der Waals surface area contributed by atoms with Crippen LogP contribution in [0, 0.1) is 16.5 Å². The van der Waals surface area contributed by atoms with E-state index in [4.69, 9.17) is 5.26 Å². The van der Waals surface area contributed by atoms with Crippen molar-refractivity contribution in [2.45, 2.75) is 26.3 Å². The van der Waals surface area contributed by atoms with Gasteiger partial charge in [-0.2, -0.15) is 5.26 Å². The van der Waals surface area contributed by atoms with Crippen molar-refractivity contribution in [2.24, 2.45) is 5.11 Å². The molecule has 0 aliphatic carbocycles. The third kappa shape index (κ3) is 5.04. The van der Waals surface area contributed by atoms with Crippen molar-refractivity contribution < 1.29 is 4.86 Å². The molecule has 56 valence electrons. The van der Waals surface area contributed by atoms with Crippen LogP contribution in [0.25, 0.3) is 0 Å². The summed E-state index contributed by atoms with van der Waals surface area (Å²) in [5.74, 6) is 0. The molecule has 0 aromatic rings. The van der Waals surface area contributed by atoms with Crippen LogP contribution < -0.4 is 0 Å². The Morgan fingerprint density at radius 1 is 1.60 bits per heavy atom. The molecule has 0 aromatic carbocycles. The Balaban J connectivity index is 4.06. The predicted molar refractivity (Wildman–Crippen MR) is 36.3 cm³/mol. The zero-order valence-corrected chi connectivity index (χ0v) is 6.46. The second-order valence-corrected chi connectivity index (χ2v) is 2.94. The highest BCUT2D eigenvalue weighted by Crippen LogP contribution is 2.05. The van der Waals surface area contributed by atoms with E-state index in [-0.39, 0.29) is 6.54 Å². The minimum absolute atomic E-state index is 0.197. The first-order chi connectivity index (χ1) is 4.45. The van der Waals surface area contributed by atoms with E-state index in [0.717, 1.165) is 0 Å². The molecular formula is C6H11N3O. The fourth-order valence-electron chi connectivity index (χ4n) is 0.430. The highest BCUT2D eigenvalue weighted by molar-refractivity contribution is 4.67. The van der Waals surface area contributed by atoms with Gasteiger partial charge in [0.25, 0.3) is 6.54 Å². The summed E-state index contributed by atoms with van der Waals surface area (Å²) >= 11 is 0. The highest BCUT2D eigenvalue weighted by atomic mass is 16.5. The summed E-state index contributed by atoms with van der Waals surface area (Å²) in [4.78, 5) is 0.403. The number of rotatable bonds is 1. The Bertz CT molecular complexity index is 172. The van der Waals surface area contributed by atoms with Crippen molar-refractivity contribution in [3.63, 3.8) is 0 Å². The molecule has 0 spiro atoms. The largest absolute Gasteiger partial charge is 0.599 e. The molecule has 0 amide bonds. The first kappa shape index (κ1) is 8.89. The molecule has 0 unspecified atom stereocenters. The van der Waals surface area contributed by atoms with Gasteiger partial charge in [0.15, 0.2) is 0 Å². The van der Waals surface area contributed by atoms with Crippen LogP contribution in [0.15, 0.2) is 5.11 Å². The smallest absolute Gasteiger partial charge is 0.264 e. The van der Waals surface area contributed by atoms with Crippen molar-refractivity contribution in [1.82, 2.24) is 0 Å². The molecule has 0 saturated heterocycles. The molecule has 10 heavy (non-hydrogen) atoms. The summed E-state index contributed by atoms with van der Waals surface area (Å²) in [5.41, 5.74) is -0.390. The van der Waals surface area contributed by atoms with Crippen molar-refractivity contribution in [3.8, 4) is 6.07 Å². The Morgan fingerprint density at radius 2 is 2.10 bits per heavy atom. The number of hydrogen-bond donors (Lipinski definition) is 0. The molecule has 0 fully saturated rings. The molecule has 4 heteroatoms. The molecular weight excluding hydrogens is 130 g/mol. The van der Waals surface area contributed by atoms with E-state index in [0.29, 0.717) is 4.86 Å². The Labute approximate surface area is 60.4 Å². The summed E-state index contributed by atoms with van der Waals surface area (Å²) in [6.07, 6.45) is 0. The van der Waals surface area contributed by atoms with Crippen LogP contribution in [0.1, 0.15) is 20.8 Å². The minimum atomic E-state index is -0.390. The SMILES string of the molecule is CC(C)(C)N=[N+]([O-])CC#N. The second-order valence-electron chi connectivity index (χ2n) is 2.94. The minimum Gasteiger partial charge on any atom is -0.599 e. The highest BCUT2D eigenvalue weighted by Gasteiger charge is 2.12. The van der Waals surface area contributed by atoms with Gasteiger partial charge >= 0.3 is 0 Å². The van der Waals surface area contributed by atoms with E-state index in [1.54, 1.807) is 26.8 Å². The van der Waals surface area contributed by atoms with Crippen molar-refractivity contribution in [3.05, 3.63) is 5.21 Å². The summed E-state index contributed by atoms with van der Waals surface area (Å²) in [7, 11) is 0. The molecule has 0 atom stereocenters. The zero-order valence-electron chi connectivity index (χ0n) is 6.46. The molecule has 0 radical (unpaired) electrons. The van der Waals surface area contributed by atoms with Gasteiger partial charge in [-0.1, -0.05) is 4.86 Å². The van der Waals surface area contributed by atoms with E-state index >= 15 is 0 Å². The van der Waals surface area contributed by atoms with Crippen LogP contribution in [-0.2, 0) is 0 Å². The molecule has 0 N–H and O–H groups in total. The molecule has 0 aliphatic rings. The van der Waals surface area contributed by atoms with E-state index in [1.807, 2.05) is 0 Å². The van der Waals surface area contributed by atoms with Gasteiger partial charge in [0.2, 0.25) is 0 Å². The molecule has 0 aliphatic heterocycles. The van der Waals surface area contributed by atoms with E-state index in [1.165, 1.54) is 0 Å². The van der Waals surface area contributed by atoms with Crippen molar-refractivity contribution in [2.75, 3.05) is 6.54 Å². The molecule has 0 rings (SSSR count). The number of hydroxylamine groups is 1. The van der Waals surface area contributed by atoms with Crippen LogP contribution >= 0.6 is 0 Å². The standard InChI is InChI=1S/C6H11N3O/c1-6(2,3)8-9(10)5-4-7/h5H2,1-3H3. The topological polar surface area (TPSA) is 62.2 Å². The van der Waals surface area contributed by atoms with Crippen molar-refractivity contribution >= 4 is 0 Å². The summed E-state index contributed by atoms with van der Waals surface area (Å²) in [5, 5.41) is 22.3. The fraction of sp³-hybridized carbons (Fsp3) is 0.833.